The molecule has 1 aliphatic rings. The lowest BCUT2D eigenvalue weighted by molar-refractivity contribution is 0.0874. The molecule has 1 fully saturated rings. The lowest BCUT2D eigenvalue weighted by Crippen LogP contribution is -2.46. The van der Waals surface area contributed by atoms with Crippen LogP contribution < -0.4 is 10.1 Å². The highest BCUT2D eigenvalue weighted by atomic mass is 35.5. The summed E-state index contributed by atoms with van der Waals surface area (Å²) >= 11 is 6.10. The second kappa shape index (κ2) is 7.12. The summed E-state index contributed by atoms with van der Waals surface area (Å²) in [5.74, 6) is 1.17. The molecule has 4 nitrogen and oxygen atoms in total. The zero-order valence-corrected chi connectivity index (χ0v) is 13.6. The number of amides is 1. The molecule has 1 aromatic heterocycles. The summed E-state index contributed by atoms with van der Waals surface area (Å²) in [6.07, 6.45) is 3.53. The van der Waals surface area contributed by atoms with Crippen molar-refractivity contribution in [1.29, 1.82) is 0 Å². The Balaban J connectivity index is 2.14. The molecule has 5 heteroatoms. The Kier molecular flexibility index (Phi) is 5.45. The van der Waals surface area contributed by atoms with E-state index in [1.54, 1.807) is 12.1 Å². The normalized spacial score (nSPS) is 25.4. The van der Waals surface area contributed by atoms with Crippen LogP contribution in [0.3, 0.4) is 0 Å². The number of ether oxygens (including phenoxy) is 1. The predicted octanol–water partition coefficient (Wildman–Crippen LogP) is 3.69. The standard InChI is InChI=1S/C16H23ClN2O2/c1-4-21-13-9-8-12(17)15(18-13)16(20)19-14-10(2)6-5-7-11(14)3/h8-11,14H,4-7H2,1-3H3,(H,19,20). The van der Waals surface area contributed by atoms with E-state index >= 15 is 0 Å². The van der Waals surface area contributed by atoms with Crippen LogP contribution in [0, 0.1) is 11.8 Å². The van der Waals surface area contributed by atoms with Gasteiger partial charge in [-0.05, 0) is 37.7 Å². The van der Waals surface area contributed by atoms with Crippen molar-refractivity contribution in [3.8, 4) is 5.88 Å². The van der Waals surface area contributed by atoms with Gasteiger partial charge in [0.1, 0.15) is 0 Å². The van der Waals surface area contributed by atoms with E-state index in [-0.39, 0.29) is 17.6 Å². The van der Waals surface area contributed by atoms with Crippen LogP contribution >= 0.6 is 11.6 Å². The van der Waals surface area contributed by atoms with Crippen molar-refractivity contribution < 1.29 is 9.53 Å². The summed E-state index contributed by atoms with van der Waals surface area (Å²) in [6.45, 7) is 6.76. The first-order chi connectivity index (χ1) is 10.0. The molecule has 0 saturated heterocycles. The lowest BCUT2D eigenvalue weighted by Gasteiger charge is -2.35. The number of hydrogen-bond acceptors (Lipinski definition) is 3. The number of rotatable bonds is 4. The molecule has 0 spiro atoms. The molecule has 2 atom stereocenters. The average Bonchev–Trinajstić information content (AvgIpc) is 2.45. The number of pyridine rings is 1. The fourth-order valence-electron chi connectivity index (χ4n) is 3.00. The molecule has 1 aromatic rings. The number of hydrogen-bond donors (Lipinski definition) is 1. The molecule has 0 aliphatic heterocycles. The number of halogens is 1. The first-order valence-electron chi connectivity index (χ1n) is 7.63. The molecule has 1 aliphatic carbocycles. The Morgan fingerprint density at radius 2 is 2.05 bits per heavy atom. The van der Waals surface area contributed by atoms with Crippen molar-refractivity contribution in [3.05, 3.63) is 22.8 Å². The summed E-state index contributed by atoms with van der Waals surface area (Å²) in [4.78, 5) is 16.7. The Labute approximate surface area is 131 Å². The smallest absolute Gasteiger partial charge is 0.271 e. The van der Waals surface area contributed by atoms with Gasteiger partial charge in [-0.3, -0.25) is 4.79 Å². The largest absolute Gasteiger partial charge is 0.478 e. The van der Waals surface area contributed by atoms with E-state index in [4.69, 9.17) is 16.3 Å². The van der Waals surface area contributed by atoms with Crippen molar-refractivity contribution in [3.63, 3.8) is 0 Å². The Morgan fingerprint density at radius 3 is 2.67 bits per heavy atom. The molecule has 1 heterocycles. The minimum atomic E-state index is -0.216. The molecular weight excluding hydrogens is 288 g/mol. The maximum atomic E-state index is 12.5. The van der Waals surface area contributed by atoms with Gasteiger partial charge >= 0.3 is 0 Å². The van der Waals surface area contributed by atoms with Crippen molar-refractivity contribution >= 4 is 17.5 Å². The number of carbonyl (C=O) groups excluding carboxylic acids is 1. The monoisotopic (exact) mass is 310 g/mol. The van der Waals surface area contributed by atoms with Gasteiger partial charge in [0.2, 0.25) is 5.88 Å². The summed E-state index contributed by atoms with van der Waals surface area (Å²) < 4.78 is 5.33. The highest BCUT2D eigenvalue weighted by molar-refractivity contribution is 6.33. The zero-order valence-electron chi connectivity index (χ0n) is 12.9. The van der Waals surface area contributed by atoms with E-state index in [2.05, 4.69) is 24.1 Å². The molecule has 2 rings (SSSR count). The van der Waals surface area contributed by atoms with Gasteiger partial charge in [-0.1, -0.05) is 31.9 Å². The first-order valence-corrected chi connectivity index (χ1v) is 8.01. The van der Waals surface area contributed by atoms with Crippen molar-refractivity contribution in [2.24, 2.45) is 11.8 Å². The van der Waals surface area contributed by atoms with Crippen molar-refractivity contribution in [2.45, 2.75) is 46.1 Å². The fraction of sp³-hybridized carbons (Fsp3) is 0.625. The molecule has 1 amide bonds. The first kappa shape index (κ1) is 16.1. The predicted molar refractivity (Wildman–Crippen MR) is 83.8 cm³/mol. The second-order valence-electron chi connectivity index (χ2n) is 5.80. The van der Waals surface area contributed by atoms with Gasteiger partial charge in [-0.2, -0.15) is 0 Å². The summed E-state index contributed by atoms with van der Waals surface area (Å²) in [7, 11) is 0. The zero-order chi connectivity index (χ0) is 15.4. The van der Waals surface area contributed by atoms with E-state index in [1.165, 1.54) is 6.42 Å². The Morgan fingerprint density at radius 1 is 1.38 bits per heavy atom. The van der Waals surface area contributed by atoms with Gasteiger partial charge in [-0.15, -0.1) is 0 Å². The maximum absolute atomic E-state index is 12.5. The average molecular weight is 311 g/mol. The van der Waals surface area contributed by atoms with Crippen LogP contribution in [-0.2, 0) is 0 Å². The van der Waals surface area contributed by atoms with Crippen LogP contribution in [0.1, 0.15) is 50.5 Å². The SMILES string of the molecule is CCOc1ccc(Cl)c(C(=O)NC2C(C)CCCC2C)n1. The van der Waals surface area contributed by atoms with E-state index in [0.717, 1.165) is 12.8 Å². The number of aromatic nitrogens is 1. The van der Waals surface area contributed by atoms with Gasteiger partial charge in [0.05, 0.1) is 11.6 Å². The van der Waals surface area contributed by atoms with Crippen LogP contribution in [0.15, 0.2) is 12.1 Å². The minimum Gasteiger partial charge on any atom is -0.478 e. The number of nitrogens with one attached hydrogen (secondary N) is 1. The third kappa shape index (κ3) is 3.88. The Hall–Kier alpha value is -1.29. The molecule has 1 saturated carbocycles. The number of nitrogens with zero attached hydrogens (tertiary/aromatic N) is 1. The quantitative estimate of drug-likeness (QED) is 0.922. The fourth-order valence-corrected chi connectivity index (χ4v) is 3.19. The highest BCUT2D eigenvalue weighted by Crippen LogP contribution is 2.29. The maximum Gasteiger partial charge on any atom is 0.271 e. The van der Waals surface area contributed by atoms with Crippen LogP contribution in [-0.4, -0.2) is 23.5 Å². The van der Waals surface area contributed by atoms with E-state index in [0.29, 0.717) is 29.3 Å². The van der Waals surface area contributed by atoms with Crippen LogP contribution in [0.5, 0.6) is 5.88 Å². The van der Waals surface area contributed by atoms with Crippen LogP contribution in [0.4, 0.5) is 0 Å². The molecule has 1 N–H and O–H groups in total. The topological polar surface area (TPSA) is 51.2 Å². The van der Waals surface area contributed by atoms with Crippen LogP contribution in [0.2, 0.25) is 5.02 Å². The van der Waals surface area contributed by atoms with Gasteiger partial charge < -0.3 is 10.1 Å². The van der Waals surface area contributed by atoms with Gasteiger partial charge in [0.25, 0.3) is 5.91 Å². The summed E-state index contributed by atoms with van der Waals surface area (Å²) in [6, 6.07) is 3.51. The van der Waals surface area contributed by atoms with Crippen molar-refractivity contribution in [1.82, 2.24) is 10.3 Å². The van der Waals surface area contributed by atoms with Crippen LogP contribution in [0.25, 0.3) is 0 Å². The molecule has 0 radical (unpaired) electrons. The molecular formula is C16H23ClN2O2. The second-order valence-corrected chi connectivity index (χ2v) is 6.20. The van der Waals surface area contributed by atoms with E-state index < -0.39 is 0 Å². The molecule has 21 heavy (non-hydrogen) atoms. The lowest BCUT2D eigenvalue weighted by atomic mass is 9.78. The Bertz CT molecular complexity index is 497. The van der Waals surface area contributed by atoms with Gasteiger partial charge in [0.15, 0.2) is 5.69 Å². The highest BCUT2D eigenvalue weighted by Gasteiger charge is 2.30. The molecule has 2 unspecified atom stereocenters. The minimum absolute atomic E-state index is 0.180. The molecule has 116 valence electrons. The summed E-state index contributed by atoms with van der Waals surface area (Å²) in [5, 5.41) is 3.46. The third-order valence-electron chi connectivity index (χ3n) is 4.17. The van der Waals surface area contributed by atoms with E-state index in [9.17, 15) is 4.79 Å². The van der Waals surface area contributed by atoms with Gasteiger partial charge in [-0.25, -0.2) is 4.98 Å². The molecule has 0 bridgehead atoms. The third-order valence-corrected chi connectivity index (χ3v) is 4.48. The van der Waals surface area contributed by atoms with Gasteiger partial charge in [0, 0.05) is 12.1 Å². The van der Waals surface area contributed by atoms with E-state index in [1.807, 2.05) is 6.92 Å². The van der Waals surface area contributed by atoms with Crippen molar-refractivity contribution in [2.75, 3.05) is 6.61 Å². The molecule has 0 aromatic carbocycles. The summed E-state index contributed by atoms with van der Waals surface area (Å²) in [5.41, 5.74) is 0.243. The number of carbonyl (C=O) groups is 1.